The van der Waals surface area contributed by atoms with Crippen molar-refractivity contribution in [3.63, 3.8) is 0 Å². The predicted octanol–water partition coefficient (Wildman–Crippen LogP) is 1.71. The second-order valence-corrected chi connectivity index (χ2v) is 9.99. The number of nitrogens with zero attached hydrogens (tertiary/aromatic N) is 6. The molecule has 0 fully saturated rings. The first-order valence-electron chi connectivity index (χ1n) is 12.9. The summed E-state index contributed by atoms with van der Waals surface area (Å²) in [7, 11) is 0. The summed E-state index contributed by atoms with van der Waals surface area (Å²) in [4.78, 5) is 54.9. The number of allylic oxidation sites excluding steroid dienone is 2. The molecule has 11 heteroatoms. The van der Waals surface area contributed by atoms with Gasteiger partial charge in [0.1, 0.15) is 11.8 Å². The molecule has 3 aromatic carbocycles. The molecule has 2 aromatic heterocycles. The maximum atomic E-state index is 13.9. The fourth-order valence-corrected chi connectivity index (χ4v) is 5.90. The molecule has 4 heterocycles. The average Bonchev–Trinajstić information content (AvgIpc) is 3.38. The van der Waals surface area contributed by atoms with Crippen LogP contribution in [-0.4, -0.2) is 33.0 Å². The molecule has 11 nitrogen and oxygen atoms in total. The van der Waals surface area contributed by atoms with Crippen molar-refractivity contribution in [1.29, 1.82) is 0 Å². The van der Waals surface area contributed by atoms with E-state index in [0.29, 0.717) is 28.1 Å². The maximum Gasteiger partial charge on any atom is 0.352 e. The normalized spacial score (nSPS) is 17.6. The fourth-order valence-electron chi connectivity index (χ4n) is 5.90. The van der Waals surface area contributed by atoms with E-state index in [4.69, 9.17) is 0 Å². The standard InChI is InChI=1S/C29H24N6O5/c1-18-16-19(12-13-24(18)36)25-22-14-15-30-26(37)32(20-8-4-2-5-9-20)28(39)34(30)23(22)17-31-27(38)33(29(40)35(25)31)21-10-6-3-7-11-21/h2-14,16,23,25,36H,15,17H2,1H3. The van der Waals surface area contributed by atoms with Crippen molar-refractivity contribution < 1.29 is 5.11 Å². The Bertz CT molecular complexity index is 2070. The molecule has 0 bridgehead atoms. The zero-order valence-electron chi connectivity index (χ0n) is 21.4. The van der Waals surface area contributed by atoms with Crippen LogP contribution in [0, 0.1) is 6.92 Å². The Morgan fingerprint density at radius 3 is 1.88 bits per heavy atom. The van der Waals surface area contributed by atoms with Crippen LogP contribution < -0.4 is 22.8 Å². The molecule has 2 atom stereocenters. The number of hydrogen-bond acceptors (Lipinski definition) is 5. The highest BCUT2D eigenvalue weighted by Gasteiger charge is 2.41. The van der Waals surface area contributed by atoms with E-state index in [0.717, 1.165) is 9.13 Å². The number of para-hydroxylation sites is 2. The molecule has 0 saturated heterocycles. The molecule has 0 radical (unpaired) electrons. The highest BCUT2D eigenvalue weighted by Crippen LogP contribution is 2.39. The van der Waals surface area contributed by atoms with Gasteiger partial charge >= 0.3 is 22.8 Å². The van der Waals surface area contributed by atoms with E-state index in [-0.39, 0.29) is 18.8 Å². The lowest BCUT2D eigenvalue weighted by molar-refractivity contribution is 0.246. The largest absolute Gasteiger partial charge is 0.508 e. The smallest absolute Gasteiger partial charge is 0.352 e. The molecule has 7 rings (SSSR count). The van der Waals surface area contributed by atoms with Crippen molar-refractivity contribution >= 4 is 0 Å². The molecule has 200 valence electrons. The molecule has 0 saturated carbocycles. The maximum absolute atomic E-state index is 13.9. The zero-order chi connectivity index (χ0) is 27.7. The van der Waals surface area contributed by atoms with E-state index in [1.807, 2.05) is 6.08 Å². The minimum absolute atomic E-state index is 0.0224. The number of hydrogen-bond donors (Lipinski definition) is 1. The van der Waals surface area contributed by atoms with Gasteiger partial charge in [0.2, 0.25) is 0 Å². The van der Waals surface area contributed by atoms with Gasteiger partial charge in [0.05, 0.1) is 30.5 Å². The summed E-state index contributed by atoms with van der Waals surface area (Å²) in [5.41, 5.74) is 0.759. The first-order valence-corrected chi connectivity index (χ1v) is 12.9. The van der Waals surface area contributed by atoms with Gasteiger partial charge in [0.15, 0.2) is 0 Å². The van der Waals surface area contributed by atoms with Gasteiger partial charge in [-0.25, -0.2) is 47.0 Å². The van der Waals surface area contributed by atoms with E-state index in [2.05, 4.69) is 0 Å². The molecule has 1 N–H and O–H groups in total. The molecule has 0 spiro atoms. The van der Waals surface area contributed by atoms with Crippen molar-refractivity contribution in [3.05, 3.63) is 144 Å². The molecule has 0 amide bonds. The van der Waals surface area contributed by atoms with Crippen LogP contribution in [0.3, 0.4) is 0 Å². The fraction of sp³-hybridized carbons (Fsp3) is 0.172. The first-order chi connectivity index (χ1) is 19.4. The van der Waals surface area contributed by atoms with E-state index in [1.165, 1.54) is 18.7 Å². The van der Waals surface area contributed by atoms with Crippen molar-refractivity contribution in [2.75, 3.05) is 0 Å². The van der Waals surface area contributed by atoms with Crippen molar-refractivity contribution in [1.82, 2.24) is 27.9 Å². The molecule has 0 aliphatic carbocycles. The molecular formula is C29H24N6O5. The number of benzene rings is 3. The van der Waals surface area contributed by atoms with E-state index < -0.39 is 34.8 Å². The lowest BCUT2D eigenvalue weighted by atomic mass is 9.89. The van der Waals surface area contributed by atoms with Crippen LogP contribution in [0.1, 0.15) is 23.2 Å². The number of phenols is 1. The highest BCUT2D eigenvalue weighted by molar-refractivity contribution is 5.42. The SMILES string of the molecule is Cc1cc(C2C3=CCn4c(=O)n(-c5ccccc5)c(=O)n4C3Cn3c(=O)n(-c4ccccc4)c(=O)n32)ccc1O. The van der Waals surface area contributed by atoms with Crippen molar-refractivity contribution in [3.8, 4) is 17.1 Å². The van der Waals surface area contributed by atoms with Crippen LogP contribution in [0.4, 0.5) is 0 Å². The number of aromatic nitrogens is 6. The lowest BCUT2D eigenvalue weighted by Crippen LogP contribution is -2.46. The Kier molecular flexibility index (Phi) is 5.11. The van der Waals surface area contributed by atoms with Gasteiger partial charge in [-0.1, -0.05) is 48.5 Å². The summed E-state index contributed by atoms with van der Waals surface area (Å²) in [5.74, 6) is 0.102. The second kappa shape index (κ2) is 8.60. The van der Waals surface area contributed by atoms with E-state index in [9.17, 15) is 24.3 Å². The topological polar surface area (TPSA) is 118 Å². The van der Waals surface area contributed by atoms with E-state index >= 15 is 0 Å². The molecule has 2 aliphatic rings. The third kappa shape index (κ3) is 3.24. The molecule has 5 aromatic rings. The zero-order valence-corrected chi connectivity index (χ0v) is 21.4. The van der Waals surface area contributed by atoms with Gasteiger partial charge in [-0.3, -0.25) is 0 Å². The first kappa shape index (κ1) is 23.8. The Balaban J connectivity index is 1.50. The Labute approximate surface area is 225 Å². The predicted molar refractivity (Wildman–Crippen MR) is 147 cm³/mol. The summed E-state index contributed by atoms with van der Waals surface area (Å²) in [6, 6.07) is 20.9. The average molecular weight is 537 g/mol. The third-order valence-electron chi connectivity index (χ3n) is 7.77. The Morgan fingerprint density at radius 1 is 0.700 bits per heavy atom. The van der Waals surface area contributed by atoms with Crippen LogP contribution in [0.15, 0.2) is 110 Å². The third-order valence-corrected chi connectivity index (χ3v) is 7.77. The van der Waals surface area contributed by atoms with Crippen LogP contribution >= 0.6 is 0 Å². The van der Waals surface area contributed by atoms with Crippen LogP contribution in [0.2, 0.25) is 0 Å². The van der Waals surface area contributed by atoms with Crippen LogP contribution in [0.25, 0.3) is 11.4 Å². The minimum atomic E-state index is -0.751. The number of aryl methyl sites for hydroxylation is 1. The number of rotatable bonds is 3. The lowest BCUT2D eigenvalue weighted by Gasteiger charge is -2.37. The van der Waals surface area contributed by atoms with Gasteiger partial charge in [-0.05, 0) is 60.0 Å². The Hall–Kier alpha value is -5.32. The van der Waals surface area contributed by atoms with Crippen LogP contribution in [0.5, 0.6) is 5.75 Å². The van der Waals surface area contributed by atoms with Gasteiger partial charge < -0.3 is 5.11 Å². The molecule has 2 unspecified atom stereocenters. The summed E-state index contributed by atoms with van der Waals surface area (Å²) >= 11 is 0. The summed E-state index contributed by atoms with van der Waals surface area (Å²) in [6.45, 7) is 1.85. The Morgan fingerprint density at radius 2 is 1.27 bits per heavy atom. The summed E-state index contributed by atoms with van der Waals surface area (Å²) in [6.07, 6.45) is 1.86. The molecule has 2 aliphatic heterocycles. The quantitative estimate of drug-likeness (QED) is 0.353. The summed E-state index contributed by atoms with van der Waals surface area (Å²) < 4.78 is 7.76. The monoisotopic (exact) mass is 536 g/mol. The van der Waals surface area contributed by atoms with Gasteiger partial charge in [0.25, 0.3) is 0 Å². The van der Waals surface area contributed by atoms with Gasteiger partial charge in [0, 0.05) is 0 Å². The van der Waals surface area contributed by atoms with Crippen molar-refractivity contribution in [2.24, 2.45) is 0 Å². The molecular weight excluding hydrogens is 512 g/mol. The van der Waals surface area contributed by atoms with Crippen molar-refractivity contribution in [2.45, 2.75) is 32.1 Å². The van der Waals surface area contributed by atoms with Gasteiger partial charge in [-0.15, -0.1) is 0 Å². The second-order valence-electron chi connectivity index (χ2n) is 9.99. The van der Waals surface area contributed by atoms with Crippen LogP contribution in [-0.2, 0) is 13.1 Å². The number of fused-ring (bicyclic) bond motifs is 4. The molecule has 40 heavy (non-hydrogen) atoms. The van der Waals surface area contributed by atoms with Gasteiger partial charge in [-0.2, -0.15) is 0 Å². The van der Waals surface area contributed by atoms with E-state index in [1.54, 1.807) is 85.8 Å². The highest BCUT2D eigenvalue weighted by atomic mass is 16.3. The minimum Gasteiger partial charge on any atom is -0.508 e. The number of phenolic OH excluding ortho intramolecular Hbond substituents is 1. The number of aromatic hydroxyl groups is 1. The summed E-state index contributed by atoms with van der Waals surface area (Å²) in [5, 5.41) is 10.2.